The van der Waals surface area contributed by atoms with E-state index in [4.69, 9.17) is 14.7 Å². The Morgan fingerprint density at radius 2 is 1.81 bits per heavy atom. The molecule has 7 nitrogen and oxygen atoms in total. The number of carbonyl (C=O) groups excluding carboxylic acids is 1. The number of nitrogens with zero attached hydrogens (tertiary/aromatic N) is 2. The maximum atomic E-state index is 12.6. The van der Waals surface area contributed by atoms with E-state index in [0.717, 1.165) is 0 Å². The van der Waals surface area contributed by atoms with Crippen LogP contribution in [-0.2, 0) is 14.8 Å². The van der Waals surface area contributed by atoms with E-state index < -0.39 is 16.0 Å². The third-order valence-corrected chi connectivity index (χ3v) is 5.78. The molecule has 0 saturated carbocycles. The number of hydrogen-bond donors (Lipinski definition) is 0. The van der Waals surface area contributed by atoms with Crippen LogP contribution < -0.4 is 4.74 Å². The molecular formula is C18H16N2O5S. The van der Waals surface area contributed by atoms with Crippen LogP contribution in [0.5, 0.6) is 5.75 Å². The standard InChI is InChI=1S/C18H16N2O5S/c19-13-14-2-1-3-16(12-14)25-18(21)15-4-6-17(7-5-15)26(22,23)20-8-10-24-11-9-20/h1-7,12H,8-11H2. The zero-order valence-electron chi connectivity index (χ0n) is 13.8. The van der Waals surface area contributed by atoms with Crippen molar-refractivity contribution in [2.24, 2.45) is 0 Å². The molecule has 2 aromatic rings. The van der Waals surface area contributed by atoms with Gasteiger partial charge in [-0.1, -0.05) is 6.07 Å². The molecule has 134 valence electrons. The number of ether oxygens (including phenoxy) is 2. The van der Waals surface area contributed by atoms with Crippen molar-refractivity contribution in [2.75, 3.05) is 26.3 Å². The molecule has 26 heavy (non-hydrogen) atoms. The predicted molar refractivity (Wildman–Crippen MR) is 92.1 cm³/mol. The Kier molecular flexibility index (Phi) is 5.32. The number of nitriles is 1. The van der Waals surface area contributed by atoms with Crippen LogP contribution in [0.15, 0.2) is 53.4 Å². The SMILES string of the molecule is N#Cc1cccc(OC(=O)c2ccc(S(=O)(=O)N3CCOCC3)cc2)c1. The Balaban J connectivity index is 1.74. The van der Waals surface area contributed by atoms with Crippen LogP contribution in [0, 0.1) is 11.3 Å². The van der Waals surface area contributed by atoms with E-state index in [1.54, 1.807) is 18.2 Å². The molecule has 0 atom stereocenters. The molecule has 0 aromatic heterocycles. The normalized spacial score (nSPS) is 15.2. The minimum Gasteiger partial charge on any atom is -0.423 e. The molecule has 0 aliphatic carbocycles. The summed E-state index contributed by atoms with van der Waals surface area (Å²) in [6, 6.07) is 13.8. The van der Waals surface area contributed by atoms with Gasteiger partial charge >= 0.3 is 5.97 Å². The molecule has 1 saturated heterocycles. The largest absolute Gasteiger partial charge is 0.423 e. The summed E-state index contributed by atoms with van der Waals surface area (Å²) in [5.41, 5.74) is 0.593. The number of benzene rings is 2. The Bertz CT molecular complexity index is 942. The lowest BCUT2D eigenvalue weighted by Crippen LogP contribution is -2.40. The zero-order valence-corrected chi connectivity index (χ0v) is 14.6. The number of morpholine rings is 1. The van der Waals surface area contributed by atoms with E-state index >= 15 is 0 Å². The van der Waals surface area contributed by atoms with Crippen LogP contribution in [0.2, 0.25) is 0 Å². The first kappa shape index (κ1) is 18.1. The van der Waals surface area contributed by atoms with Crippen molar-refractivity contribution in [1.29, 1.82) is 5.26 Å². The van der Waals surface area contributed by atoms with Gasteiger partial charge in [0.1, 0.15) is 5.75 Å². The second-order valence-corrected chi connectivity index (χ2v) is 7.51. The Labute approximate surface area is 151 Å². The third kappa shape index (κ3) is 3.91. The predicted octanol–water partition coefficient (Wildman–Crippen LogP) is 1.80. The molecule has 0 N–H and O–H groups in total. The van der Waals surface area contributed by atoms with Crippen molar-refractivity contribution >= 4 is 16.0 Å². The van der Waals surface area contributed by atoms with Crippen LogP contribution in [0.25, 0.3) is 0 Å². The highest BCUT2D eigenvalue weighted by atomic mass is 32.2. The summed E-state index contributed by atoms with van der Waals surface area (Å²) >= 11 is 0. The number of esters is 1. The molecule has 1 aliphatic heterocycles. The van der Waals surface area contributed by atoms with E-state index in [1.807, 2.05) is 6.07 Å². The smallest absolute Gasteiger partial charge is 0.343 e. The highest BCUT2D eigenvalue weighted by Gasteiger charge is 2.26. The minimum absolute atomic E-state index is 0.113. The monoisotopic (exact) mass is 372 g/mol. The average molecular weight is 372 g/mol. The molecule has 1 heterocycles. The fourth-order valence-corrected chi connectivity index (χ4v) is 3.90. The lowest BCUT2D eigenvalue weighted by molar-refractivity contribution is 0.0730. The van der Waals surface area contributed by atoms with Crippen LogP contribution >= 0.6 is 0 Å². The number of rotatable bonds is 4. The summed E-state index contributed by atoms with van der Waals surface area (Å²) in [6.07, 6.45) is 0. The highest BCUT2D eigenvalue weighted by Crippen LogP contribution is 2.19. The molecule has 0 amide bonds. The summed E-state index contributed by atoms with van der Waals surface area (Å²) in [6.45, 7) is 1.35. The van der Waals surface area contributed by atoms with Gasteiger partial charge in [-0.3, -0.25) is 0 Å². The van der Waals surface area contributed by atoms with Gasteiger partial charge in [-0.15, -0.1) is 0 Å². The first-order valence-corrected chi connectivity index (χ1v) is 9.35. The summed E-state index contributed by atoms with van der Waals surface area (Å²) < 4.78 is 36.9. The fourth-order valence-electron chi connectivity index (χ4n) is 2.49. The molecule has 0 spiro atoms. The highest BCUT2D eigenvalue weighted by molar-refractivity contribution is 7.89. The Hall–Kier alpha value is -2.73. The van der Waals surface area contributed by atoms with Gasteiger partial charge in [0.25, 0.3) is 0 Å². The topological polar surface area (TPSA) is 96.7 Å². The minimum atomic E-state index is -3.61. The molecule has 3 rings (SSSR count). The Morgan fingerprint density at radius 3 is 2.46 bits per heavy atom. The summed E-state index contributed by atoms with van der Waals surface area (Å²) in [5.74, 6) is -0.380. The van der Waals surface area contributed by atoms with Crippen LogP contribution in [0.3, 0.4) is 0 Å². The summed E-state index contributed by atoms with van der Waals surface area (Å²) in [4.78, 5) is 12.3. The lowest BCUT2D eigenvalue weighted by Gasteiger charge is -2.26. The van der Waals surface area contributed by atoms with E-state index in [9.17, 15) is 13.2 Å². The van der Waals surface area contributed by atoms with E-state index in [2.05, 4.69) is 0 Å². The van der Waals surface area contributed by atoms with Crippen LogP contribution in [0.4, 0.5) is 0 Å². The summed E-state index contributed by atoms with van der Waals surface area (Å²) in [5, 5.41) is 8.87. The molecule has 0 bridgehead atoms. The van der Waals surface area contributed by atoms with Crippen molar-refractivity contribution in [1.82, 2.24) is 4.31 Å². The van der Waals surface area contributed by atoms with Crippen molar-refractivity contribution in [3.63, 3.8) is 0 Å². The molecular weight excluding hydrogens is 356 g/mol. The van der Waals surface area contributed by atoms with Crippen molar-refractivity contribution in [3.8, 4) is 11.8 Å². The Morgan fingerprint density at radius 1 is 1.12 bits per heavy atom. The van der Waals surface area contributed by atoms with E-state index in [0.29, 0.717) is 31.9 Å². The molecule has 0 radical (unpaired) electrons. The van der Waals surface area contributed by atoms with Crippen LogP contribution in [0.1, 0.15) is 15.9 Å². The molecule has 0 unspecified atom stereocenters. The van der Waals surface area contributed by atoms with Gasteiger partial charge in [0, 0.05) is 13.1 Å². The van der Waals surface area contributed by atoms with Crippen LogP contribution in [-0.4, -0.2) is 45.0 Å². The number of sulfonamides is 1. The first-order valence-electron chi connectivity index (χ1n) is 7.91. The number of carbonyl (C=O) groups is 1. The number of hydrogen-bond acceptors (Lipinski definition) is 6. The van der Waals surface area contributed by atoms with Gasteiger partial charge in [0.2, 0.25) is 10.0 Å². The second-order valence-electron chi connectivity index (χ2n) is 5.57. The van der Waals surface area contributed by atoms with Gasteiger partial charge in [-0.2, -0.15) is 9.57 Å². The van der Waals surface area contributed by atoms with Gasteiger partial charge in [0.15, 0.2) is 0 Å². The van der Waals surface area contributed by atoms with Crippen molar-refractivity contribution < 1.29 is 22.7 Å². The lowest BCUT2D eigenvalue weighted by atomic mass is 10.2. The van der Waals surface area contributed by atoms with Gasteiger partial charge < -0.3 is 9.47 Å². The van der Waals surface area contributed by atoms with E-state index in [-0.39, 0.29) is 16.2 Å². The molecule has 2 aromatic carbocycles. The molecule has 1 fully saturated rings. The maximum Gasteiger partial charge on any atom is 0.343 e. The fraction of sp³-hybridized carbons (Fsp3) is 0.222. The summed E-state index contributed by atoms with van der Waals surface area (Å²) in [7, 11) is -3.61. The van der Waals surface area contributed by atoms with Gasteiger partial charge in [-0.05, 0) is 42.5 Å². The quantitative estimate of drug-likeness (QED) is 0.600. The van der Waals surface area contributed by atoms with Crippen molar-refractivity contribution in [3.05, 3.63) is 59.7 Å². The molecule has 1 aliphatic rings. The zero-order chi connectivity index (χ0) is 18.6. The van der Waals surface area contributed by atoms with Crippen molar-refractivity contribution in [2.45, 2.75) is 4.90 Å². The third-order valence-electron chi connectivity index (χ3n) is 3.87. The molecule has 8 heteroatoms. The van der Waals surface area contributed by atoms with E-state index in [1.165, 1.54) is 34.6 Å². The first-order chi connectivity index (χ1) is 12.5. The second kappa shape index (κ2) is 7.66. The van der Waals surface area contributed by atoms with Gasteiger partial charge in [0.05, 0.1) is 35.3 Å². The maximum absolute atomic E-state index is 12.6. The average Bonchev–Trinajstić information content (AvgIpc) is 2.69. The van der Waals surface area contributed by atoms with Gasteiger partial charge in [-0.25, -0.2) is 13.2 Å².